The van der Waals surface area contributed by atoms with Gasteiger partial charge in [0.15, 0.2) is 0 Å². The highest BCUT2D eigenvalue weighted by atomic mass is 16.5. The molecule has 0 saturated carbocycles. The van der Waals surface area contributed by atoms with E-state index in [2.05, 4.69) is 15.5 Å². The lowest BCUT2D eigenvalue weighted by atomic mass is 10.1. The molecule has 2 rings (SSSR count). The minimum atomic E-state index is -1.09. The van der Waals surface area contributed by atoms with Crippen LogP contribution in [0, 0.1) is 6.92 Å². The van der Waals surface area contributed by atoms with Gasteiger partial charge in [0.2, 0.25) is 11.7 Å². The predicted molar refractivity (Wildman–Crippen MR) is 63.7 cm³/mol. The number of benzene rings is 1. The third kappa shape index (κ3) is 2.57. The van der Waals surface area contributed by atoms with Crippen molar-refractivity contribution in [2.75, 3.05) is 5.73 Å². The van der Waals surface area contributed by atoms with Gasteiger partial charge in [0.05, 0.1) is 0 Å². The van der Waals surface area contributed by atoms with Gasteiger partial charge in [0.1, 0.15) is 0 Å². The van der Waals surface area contributed by atoms with Crippen molar-refractivity contribution in [2.24, 2.45) is 0 Å². The van der Waals surface area contributed by atoms with Crippen molar-refractivity contribution in [1.82, 2.24) is 15.5 Å². The standard InChI is InChI=1S/C11H12N4O3/c1-6-14-10(15-18-6)7-2-3-8(9(12)4-7)5-13-11(16)17/h2-4,13H,5,12H2,1H3,(H,16,17). The zero-order chi connectivity index (χ0) is 13.1. The van der Waals surface area contributed by atoms with Crippen LogP contribution in [-0.4, -0.2) is 21.3 Å². The Kier molecular flexibility index (Phi) is 3.13. The summed E-state index contributed by atoms with van der Waals surface area (Å²) in [6.45, 7) is 1.86. The fourth-order valence-corrected chi connectivity index (χ4v) is 1.48. The molecule has 0 unspecified atom stereocenters. The lowest BCUT2D eigenvalue weighted by Crippen LogP contribution is -2.20. The minimum Gasteiger partial charge on any atom is -0.465 e. The van der Waals surface area contributed by atoms with Crippen LogP contribution in [0.3, 0.4) is 0 Å². The van der Waals surface area contributed by atoms with Crippen LogP contribution >= 0.6 is 0 Å². The van der Waals surface area contributed by atoms with Gasteiger partial charge in [-0.25, -0.2) is 4.79 Å². The quantitative estimate of drug-likeness (QED) is 0.707. The molecule has 0 fully saturated rings. The molecule has 94 valence electrons. The third-order valence-electron chi connectivity index (χ3n) is 2.36. The van der Waals surface area contributed by atoms with E-state index in [4.69, 9.17) is 15.4 Å². The summed E-state index contributed by atoms with van der Waals surface area (Å²) in [5, 5.41) is 14.5. The number of aryl methyl sites for hydroxylation is 1. The van der Waals surface area contributed by atoms with E-state index in [1.165, 1.54) is 0 Å². The summed E-state index contributed by atoms with van der Waals surface area (Å²) in [4.78, 5) is 14.5. The van der Waals surface area contributed by atoms with E-state index < -0.39 is 6.09 Å². The van der Waals surface area contributed by atoms with E-state index in [1.54, 1.807) is 25.1 Å². The van der Waals surface area contributed by atoms with E-state index in [1.807, 2.05) is 0 Å². The number of nitrogen functional groups attached to an aromatic ring is 1. The second-order valence-corrected chi connectivity index (χ2v) is 3.71. The van der Waals surface area contributed by atoms with E-state index in [9.17, 15) is 4.79 Å². The molecule has 0 atom stereocenters. The van der Waals surface area contributed by atoms with Crippen LogP contribution in [0.4, 0.5) is 10.5 Å². The monoisotopic (exact) mass is 248 g/mol. The summed E-state index contributed by atoms with van der Waals surface area (Å²) in [6, 6.07) is 5.18. The molecule has 0 aliphatic heterocycles. The van der Waals surface area contributed by atoms with Gasteiger partial charge in [0.25, 0.3) is 0 Å². The Morgan fingerprint density at radius 3 is 2.89 bits per heavy atom. The summed E-state index contributed by atoms with van der Waals surface area (Å²) >= 11 is 0. The van der Waals surface area contributed by atoms with Gasteiger partial charge in [-0.3, -0.25) is 0 Å². The third-order valence-corrected chi connectivity index (χ3v) is 2.36. The number of rotatable bonds is 3. The molecule has 0 bridgehead atoms. The van der Waals surface area contributed by atoms with Crippen LogP contribution in [0.1, 0.15) is 11.5 Å². The SMILES string of the molecule is Cc1nc(-c2ccc(CNC(=O)O)c(N)c2)no1. The molecule has 7 nitrogen and oxygen atoms in total. The molecule has 1 heterocycles. The second-order valence-electron chi connectivity index (χ2n) is 3.71. The van der Waals surface area contributed by atoms with Crippen molar-refractivity contribution in [1.29, 1.82) is 0 Å². The smallest absolute Gasteiger partial charge is 0.404 e. The van der Waals surface area contributed by atoms with Crippen molar-refractivity contribution in [3.8, 4) is 11.4 Å². The maximum absolute atomic E-state index is 10.4. The molecule has 0 saturated heterocycles. The number of nitrogens with one attached hydrogen (secondary N) is 1. The summed E-state index contributed by atoms with van der Waals surface area (Å²) in [6.07, 6.45) is -1.09. The first-order valence-corrected chi connectivity index (χ1v) is 5.22. The van der Waals surface area contributed by atoms with Gasteiger partial charge in [-0.1, -0.05) is 17.3 Å². The number of nitrogens with zero attached hydrogens (tertiary/aromatic N) is 2. The number of carbonyl (C=O) groups is 1. The molecule has 1 aromatic carbocycles. The minimum absolute atomic E-state index is 0.159. The largest absolute Gasteiger partial charge is 0.465 e. The van der Waals surface area contributed by atoms with Crippen molar-refractivity contribution in [3.63, 3.8) is 0 Å². The number of carboxylic acid groups (broad SMARTS) is 1. The average Bonchev–Trinajstić information content (AvgIpc) is 2.74. The van der Waals surface area contributed by atoms with Gasteiger partial charge in [-0.15, -0.1) is 0 Å². The summed E-state index contributed by atoms with van der Waals surface area (Å²) in [5.41, 5.74) is 7.73. The van der Waals surface area contributed by atoms with E-state index >= 15 is 0 Å². The number of nitrogens with two attached hydrogens (primary N) is 1. The van der Waals surface area contributed by atoms with Gasteiger partial charge < -0.3 is 20.7 Å². The maximum Gasteiger partial charge on any atom is 0.404 e. The fourth-order valence-electron chi connectivity index (χ4n) is 1.48. The molecule has 1 aromatic heterocycles. The molecule has 7 heteroatoms. The Balaban J connectivity index is 2.22. The fraction of sp³-hybridized carbons (Fsp3) is 0.182. The Labute approximate surface area is 103 Å². The first-order chi connectivity index (χ1) is 8.56. The van der Waals surface area contributed by atoms with Crippen LogP contribution in [0.25, 0.3) is 11.4 Å². The molecular weight excluding hydrogens is 236 g/mol. The Hall–Kier alpha value is -2.57. The van der Waals surface area contributed by atoms with Gasteiger partial charge in [0, 0.05) is 24.7 Å². The van der Waals surface area contributed by atoms with Gasteiger partial charge in [-0.05, 0) is 11.6 Å². The molecule has 0 radical (unpaired) electrons. The van der Waals surface area contributed by atoms with Gasteiger partial charge in [-0.2, -0.15) is 4.98 Å². The Morgan fingerprint density at radius 1 is 1.56 bits per heavy atom. The Bertz CT molecular complexity index is 579. The molecule has 0 aliphatic carbocycles. The lowest BCUT2D eigenvalue weighted by Gasteiger charge is -2.06. The highest BCUT2D eigenvalue weighted by Crippen LogP contribution is 2.21. The average molecular weight is 248 g/mol. The molecule has 1 amide bonds. The predicted octanol–water partition coefficient (Wildman–Crippen LogP) is 1.39. The zero-order valence-electron chi connectivity index (χ0n) is 9.67. The van der Waals surface area contributed by atoms with Crippen LogP contribution in [0.2, 0.25) is 0 Å². The van der Waals surface area contributed by atoms with Crippen molar-refractivity contribution < 1.29 is 14.4 Å². The van der Waals surface area contributed by atoms with Crippen LogP contribution < -0.4 is 11.1 Å². The first kappa shape index (κ1) is 11.9. The number of aromatic nitrogens is 2. The number of amides is 1. The van der Waals surface area contributed by atoms with Crippen LogP contribution in [0.5, 0.6) is 0 Å². The Morgan fingerprint density at radius 2 is 2.33 bits per heavy atom. The van der Waals surface area contributed by atoms with Crippen molar-refractivity contribution >= 4 is 11.8 Å². The molecule has 0 aliphatic rings. The molecule has 18 heavy (non-hydrogen) atoms. The normalized spacial score (nSPS) is 10.3. The lowest BCUT2D eigenvalue weighted by molar-refractivity contribution is 0.194. The number of anilines is 1. The molecule has 2 aromatic rings. The van der Waals surface area contributed by atoms with Gasteiger partial charge >= 0.3 is 6.09 Å². The molecule has 4 N–H and O–H groups in total. The highest BCUT2D eigenvalue weighted by Gasteiger charge is 2.08. The first-order valence-electron chi connectivity index (χ1n) is 5.22. The van der Waals surface area contributed by atoms with Crippen molar-refractivity contribution in [3.05, 3.63) is 29.7 Å². The van der Waals surface area contributed by atoms with E-state index in [0.717, 1.165) is 5.56 Å². The summed E-state index contributed by atoms with van der Waals surface area (Å²) in [5.74, 6) is 0.928. The highest BCUT2D eigenvalue weighted by molar-refractivity contribution is 5.66. The van der Waals surface area contributed by atoms with E-state index in [-0.39, 0.29) is 6.54 Å². The molecule has 0 spiro atoms. The van der Waals surface area contributed by atoms with Crippen molar-refractivity contribution in [2.45, 2.75) is 13.5 Å². The second kappa shape index (κ2) is 4.74. The van der Waals surface area contributed by atoms with Crippen LogP contribution in [0.15, 0.2) is 22.7 Å². The number of hydrogen-bond donors (Lipinski definition) is 3. The number of hydrogen-bond acceptors (Lipinski definition) is 5. The maximum atomic E-state index is 10.4. The summed E-state index contributed by atoms with van der Waals surface area (Å²) < 4.78 is 4.88. The topological polar surface area (TPSA) is 114 Å². The molecular formula is C11H12N4O3. The summed E-state index contributed by atoms with van der Waals surface area (Å²) in [7, 11) is 0. The zero-order valence-corrected chi connectivity index (χ0v) is 9.67. The van der Waals surface area contributed by atoms with Crippen LogP contribution in [-0.2, 0) is 6.54 Å². The van der Waals surface area contributed by atoms with E-state index in [0.29, 0.717) is 23.0 Å².